The van der Waals surface area contributed by atoms with Gasteiger partial charge in [-0.2, -0.15) is 0 Å². The van der Waals surface area contributed by atoms with Gasteiger partial charge in [-0.25, -0.2) is 14.4 Å². The third kappa shape index (κ3) is 4.12. The number of halogens is 1. The maximum Gasteiger partial charge on any atom is 0.355 e. The Kier molecular flexibility index (Phi) is 5.53. The molecule has 1 amide bonds. The molecule has 0 aliphatic rings. The number of para-hydroxylation sites is 1. The van der Waals surface area contributed by atoms with E-state index in [-0.39, 0.29) is 17.2 Å². The summed E-state index contributed by atoms with van der Waals surface area (Å²) in [4.78, 5) is 35.6. The molecule has 0 saturated heterocycles. The molecular weight excluding hydrogens is 417 g/mol. The number of amides is 1. The topological polar surface area (TPSA) is 135 Å². The number of hydrogen-bond acceptors (Lipinski definition) is 8. The largest absolute Gasteiger partial charge is 0.355 e. The fourth-order valence-electron chi connectivity index (χ4n) is 3.04. The lowest BCUT2D eigenvalue weighted by atomic mass is 10.1. The number of nitrogens with zero attached hydrogens (tertiary/aromatic N) is 4. The number of carbonyl (C=O) groups is 1. The van der Waals surface area contributed by atoms with Crippen molar-refractivity contribution in [2.24, 2.45) is 0 Å². The highest BCUT2D eigenvalue weighted by Gasteiger charge is 2.24. The van der Waals surface area contributed by atoms with Gasteiger partial charge in [-0.05, 0) is 31.2 Å². The first-order chi connectivity index (χ1) is 15.4. The van der Waals surface area contributed by atoms with Crippen LogP contribution in [0.4, 0.5) is 27.4 Å². The van der Waals surface area contributed by atoms with E-state index in [0.29, 0.717) is 11.2 Å². The van der Waals surface area contributed by atoms with Crippen LogP contribution in [0, 0.1) is 22.9 Å². The molecule has 0 saturated carbocycles. The van der Waals surface area contributed by atoms with E-state index in [4.69, 9.17) is 0 Å². The minimum atomic E-state index is -0.820. The third-order valence-electron chi connectivity index (χ3n) is 4.53. The number of nitro groups is 1. The molecule has 0 aliphatic carbocycles. The molecule has 0 bridgehead atoms. The molecule has 0 spiro atoms. The van der Waals surface area contributed by atoms with Gasteiger partial charge in [0.1, 0.15) is 12.1 Å². The number of aryl methyl sites for hydroxylation is 1. The summed E-state index contributed by atoms with van der Waals surface area (Å²) in [6.07, 6.45) is 1.09. The summed E-state index contributed by atoms with van der Waals surface area (Å²) in [5.74, 6) is -1.94. The van der Waals surface area contributed by atoms with Crippen molar-refractivity contribution in [2.75, 3.05) is 10.7 Å². The number of pyridine rings is 1. The normalized spacial score (nSPS) is 10.6. The molecule has 0 radical (unpaired) electrons. The number of fused-ring (bicyclic) bond motifs is 1. The highest BCUT2D eigenvalue weighted by molar-refractivity contribution is 5.96. The Balaban J connectivity index is 1.65. The van der Waals surface area contributed by atoms with Crippen molar-refractivity contribution in [1.29, 1.82) is 0 Å². The lowest BCUT2D eigenvalue weighted by molar-refractivity contribution is -0.383. The summed E-state index contributed by atoms with van der Waals surface area (Å²) in [6.45, 7) is 1.84. The average Bonchev–Trinajstić information content (AvgIpc) is 2.78. The van der Waals surface area contributed by atoms with Crippen LogP contribution < -0.4 is 16.2 Å². The molecule has 4 aromatic rings. The molecule has 10 nitrogen and oxygen atoms in total. The number of anilines is 3. The molecule has 2 aromatic carbocycles. The predicted molar refractivity (Wildman–Crippen MR) is 116 cm³/mol. The Morgan fingerprint density at radius 2 is 1.81 bits per heavy atom. The van der Waals surface area contributed by atoms with E-state index >= 15 is 0 Å². The van der Waals surface area contributed by atoms with E-state index in [2.05, 4.69) is 31.1 Å². The number of rotatable bonds is 6. The SMILES string of the molecule is Cc1ccc2cccc(Nc3ncnc(NNC(=O)c4ccccc4F)c3[N+](=O)[O-])c2n1. The lowest BCUT2D eigenvalue weighted by Gasteiger charge is -2.12. The van der Waals surface area contributed by atoms with Crippen LogP contribution in [0.25, 0.3) is 10.9 Å². The molecule has 0 unspecified atom stereocenters. The van der Waals surface area contributed by atoms with Gasteiger partial charge in [-0.1, -0.05) is 30.3 Å². The van der Waals surface area contributed by atoms with Gasteiger partial charge in [0.05, 0.1) is 21.7 Å². The van der Waals surface area contributed by atoms with Gasteiger partial charge < -0.3 is 5.32 Å². The van der Waals surface area contributed by atoms with Gasteiger partial charge in [0.2, 0.25) is 11.6 Å². The van der Waals surface area contributed by atoms with E-state index in [1.807, 2.05) is 25.1 Å². The van der Waals surface area contributed by atoms with Crippen LogP contribution in [-0.4, -0.2) is 25.8 Å². The van der Waals surface area contributed by atoms with Gasteiger partial charge >= 0.3 is 5.69 Å². The number of benzene rings is 2. The molecule has 0 fully saturated rings. The first-order valence-corrected chi connectivity index (χ1v) is 9.37. The highest BCUT2D eigenvalue weighted by Crippen LogP contribution is 2.32. The van der Waals surface area contributed by atoms with Gasteiger partial charge in [-0.3, -0.25) is 30.7 Å². The second-order valence-electron chi connectivity index (χ2n) is 6.69. The predicted octanol–water partition coefficient (Wildman–Crippen LogP) is 3.88. The molecule has 32 heavy (non-hydrogen) atoms. The maximum absolute atomic E-state index is 13.8. The van der Waals surface area contributed by atoms with Crippen molar-refractivity contribution in [3.8, 4) is 0 Å². The van der Waals surface area contributed by atoms with Crippen LogP contribution in [-0.2, 0) is 0 Å². The van der Waals surface area contributed by atoms with E-state index in [9.17, 15) is 19.3 Å². The maximum atomic E-state index is 13.8. The third-order valence-corrected chi connectivity index (χ3v) is 4.53. The standard InChI is InChI=1S/C21H16FN7O3/c1-12-9-10-13-5-4-8-16(17(13)25-12)26-19-18(29(31)32)20(24-11-23-19)27-28-21(30)14-6-2-3-7-15(14)22/h2-11H,1H3,(H,28,30)(H2,23,24,26,27). The van der Waals surface area contributed by atoms with Crippen LogP contribution in [0.3, 0.4) is 0 Å². The fraction of sp³-hybridized carbons (Fsp3) is 0.0476. The van der Waals surface area contributed by atoms with E-state index < -0.39 is 22.3 Å². The summed E-state index contributed by atoms with van der Waals surface area (Å²) < 4.78 is 13.8. The van der Waals surface area contributed by atoms with Crippen molar-refractivity contribution in [2.45, 2.75) is 6.92 Å². The van der Waals surface area contributed by atoms with Crippen molar-refractivity contribution < 1.29 is 14.1 Å². The summed E-state index contributed by atoms with van der Waals surface area (Å²) in [7, 11) is 0. The monoisotopic (exact) mass is 433 g/mol. The van der Waals surface area contributed by atoms with Gasteiger partial charge in [0.25, 0.3) is 5.91 Å². The summed E-state index contributed by atoms with van der Waals surface area (Å²) in [6, 6.07) is 14.5. The summed E-state index contributed by atoms with van der Waals surface area (Å²) in [5.41, 5.74) is 5.76. The van der Waals surface area contributed by atoms with Gasteiger partial charge in [0, 0.05) is 11.1 Å². The Labute approximate surface area is 180 Å². The second-order valence-corrected chi connectivity index (χ2v) is 6.69. The van der Waals surface area contributed by atoms with E-state index in [1.54, 1.807) is 12.1 Å². The van der Waals surface area contributed by atoms with Crippen LogP contribution in [0.15, 0.2) is 60.9 Å². The smallest absolute Gasteiger partial charge is 0.332 e. The minimum absolute atomic E-state index is 0.108. The van der Waals surface area contributed by atoms with Crippen molar-refractivity contribution in [3.05, 3.63) is 88.1 Å². The first-order valence-electron chi connectivity index (χ1n) is 9.37. The molecule has 2 aromatic heterocycles. The Hall–Kier alpha value is -4.67. The van der Waals surface area contributed by atoms with Crippen LogP contribution >= 0.6 is 0 Å². The summed E-state index contributed by atoms with van der Waals surface area (Å²) in [5, 5.41) is 15.5. The Bertz CT molecular complexity index is 1350. The molecule has 2 heterocycles. The van der Waals surface area contributed by atoms with Gasteiger partial charge in [-0.15, -0.1) is 0 Å². The number of hydrogen-bond donors (Lipinski definition) is 3. The van der Waals surface area contributed by atoms with Crippen molar-refractivity contribution >= 4 is 39.8 Å². The van der Waals surface area contributed by atoms with Crippen molar-refractivity contribution in [1.82, 2.24) is 20.4 Å². The zero-order chi connectivity index (χ0) is 22.7. The molecule has 3 N–H and O–H groups in total. The molecular formula is C21H16FN7O3. The summed E-state index contributed by atoms with van der Waals surface area (Å²) >= 11 is 0. The fourth-order valence-corrected chi connectivity index (χ4v) is 3.04. The quantitative estimate of drug-likeness (QED) is 0.308. The molecule has 0 atom stereocenters. The van der Waals surface area contributed by atoms with Crippen molar-refractivity contribution in [3.63, 3.8) is 0 Å². The number of aromatic nitrogens is 3. The van der Waals surface area contributed by atoms with Crippen LogP contribution in [0.5, 0.6) is 0 Å². The van der Waals surface area contributed by atoms with Crippen LogP contribution in [0.2, 0.25) is 0 Å². The second kappa shape index (κ2) is 8.60. The lowest BCUT2D eigenvalue weighted by Crippen LogP contribution is -2.31. The zero-order valence-corrected chi connectivity index (χ0v) is 16.7. The first kappa shape index (κ1) is 20.6. The van der Waals surface area contributed by atoms with Gasteiger partial charge in [0.15, 0.2) is 0 Å². The number of hydrazine groups is 1. The highest BCUT2D eigenvalue weighted by atomic mass is 19.1. The molecule has 11 heteroatoms. The number of nitrogens with one attached hydrogen (secondary N) is 3. The Morgan fingerprint density at radius 1 is 1.03 bits per heavy atom. The van der Waals surface area contributed by atoms with Crippen LogP contribution in [0.1, 0.15) is 16.1 Å². The molecule has 4 rings (SSSR count). The molecule has 160 valence electrons. The van der Waals surface area contributed by atoms with E-state index in [0.717, 1.165) is 23.5 Å². The number of carbonyl (C=O) groups excluding carboxylic acids is 1. The molecule has 0 aliphatic heterocycles. The average molecular weight is 433 g/mol. The minimum Gasteiger partial charge on any atom is -0.332 e. The Morgan fingerprint density at radius 3 is 2.59 bits per heavy atom. The van der Waals surface area contributed by atoms with E-state index in [1.165, 1.54) is 18.2 Å². The zero-order valence-electron chi connectivity index (χ0n) is 16.7.